The summed E-state index contributed by atoms with van der Waals surface area (Å²) in [4.78, 5) is 0. The molecule has 0 spiro atoms. The fourth-order valence-electron chi connectivity index (χ4n) is 1.06. The summed E-state index contributed by atoms with van der Waals surface area (Å²) in [7, 11) is 0. The van der Waals surface area contributed by atoms with E-state index in [9.17, 15) is 0 Å². The molecule has 0 amide bonds. The van der Waals surface area contributed by atoms with Crippen LogP contribution in [0.5, 0.6) is 0 Å². The topological polar surface area (TPSA) is 12.4 Å². The fourth-order valence-corrected chi connectivity index (χ4v) is 1.42. The lowest BCUT2D eigenvalue weighted by Crippen LogP contribution is -1.98. The van der Waals surface area contributed by atoms with E-state index in [0.29, 0.717) is 0 Å². The molecule has 0 radical (unpaired) electrons. The Hall–Kier alpha value is -0.760. The summed E-state index contributed by atoms with van der Waals surface area (Å²) in [6, 6.07) is 0. The second-order valence-electron chi connectivity index (χ2n) is 2.45. The third kappa shape index (κ3) is 2.38. The van der Waals surface area contributed by atoms with Crippen molar-refractivity contribution in [1.29, 1.82) is 0 Å². The number of hydrogen-bond donors (Lipinski definition) is 0. The molecule has 1 aliphatic carbocycles. The number of hydrogen-bond acceptors (Lipinski definition) is 2. The molecule has 1 aliphatic rings. The van der Waals surface area contributed by atoms with Gasteiger partial charge in [-0.15, -0.1) is 0 Å². The minimum atomic E-state index is 1.06. The quantitative estimate of drug-likeness (QED) is 0.593. The van der Waals surface area contributed by atoms with Crippen LogP contribution in [0.4, 0.5) is 0 Å². The zero-order valence-corrected chi connectivity index (χ0v) is 8.27. The standard InChI is InChI=1S/C10H13NS/c1-3-6-9-7-4-5-8-10(9)11-12-2/h4-8H,3H2,1-2H3. The van der Waals surface area contributed by atoms with Gasteiger partial charge in [0, 0.05) is 6.26 Å². The van der Waals surface area contributed by atoms with E-state index in [2.05, 4.69) is 23.5 Å². The highest BCUT2D eigenvalue weighted by molar-refractivity contribution is 7.97. The highest BCUT2D eigenvalue weighted by Crippen LogP contribution is 2.12. The molecule has 0 heterocycles. The second-order valence-corrected chi connectivity index (χ2v) is 2.99. The Morgan fingerprint density at radius 2 is 2.17 bits per heavy atom. The van der Waals surface area contributed by atoms with Gasteiger partial charge >= 0.3 is 0 Å². The van der Waals surface area contributed by atoms with Gasteiger partial charge in [-0.3, -0.25) is 0 Å². The van der Waals surface area contributed by atoms with Gasteiger partial charge in [-0.25, -0.2) is 4.40 Å². The minimum absolute atomic E-state index is 1.06. The first-order valence-corrected chi connectivity index (χ1v) is 5.23. The highest BCUT2D eigenvalue weighted by Gasteiger charge is 2.01. The lowest BCUT2D eigenvalue weighted by Gasteiger charge is -2.04. The van der Waals surface area contributed by atoms with Crippen molar-refractivity contribution in [3.8, 4) is 0 Å². The summed E-state index contributed by atoms with van der Waals surface area (Å²) < 4.78 is 4.31. The van der Waals surface area contributed by atoms with Crippen LogP contribution in [0.3, 0.4) is 0 Å². The van der Waals surface area contributed by atoms with Gasteiger partial charge in [-0.05, 0) is 30.0 Å². The van der Waals surface area contributed by atoms with Gasteiger partial charge in [0.1, 0.15) is 0 Å². The van der Waals surface area contributed by atoms with E-state index in [1.165, 1.54) is 17.5 Å². The summed E-state index contributed by atoms with van der Waals surface area (Å²) in [5.41, 5.74) is 2.31. The Balaban J connectivity index is 2.85. The van der Waals surface area contributed by atoms with Gasteiger partial charge < -0.3 is 0 Å². The van der Waals surface area contributed by atoms with Crippen molar-refractivity contribution in [2.75, 3.05) is 6.26 Å². The largest absolute Gasteiger partial charge is 0.216 e. The summed E-state index contributed by atoms with van der Waals surface area (Å²) in [5, 5.41) is 0. The first-order valence-electron chi connectivity index (χ1n) is 4.05. The molecular weight excluding hydrogens is 166 g/mol. The van der Waals surface area contributed by atoms with Crippen molar-refractivity contribution in [1.82, 2.24) is 0 Å². The van der Waals surface area contributed by atoms with Crippen LogP contribution in [0, 0.1) is 0 Å². The van der Waals surface area contributed by atoms with Crippen molar-refractivity contribution < 1.29 is 0 Å². The molecule has 1 rings (SSSR count). The van der Waals surface area contributed by atoms with Crippen molar-refractivity contribution in [3.05, 3.63) is 36.0 Å². The fraction of sp³-hybridized carbons (Fsp3) is 0.300. The molecule has 12 heavy (non-hydrogen) atoms. The van der Waals surface area contributed by atoms with Crippen molar-refractivity contribution in [2.45, 2.75) is 13.3 Å². The van der Waals surface area contributed by atoms with E-state index in [1.54, 1.807) is 0 Å². The molecule has 0 saturated heterocycles. The molecule has 64 valence electrons. The molecular formula is C10H13NS. The lowest BCUT2D eigenvalue weighted by molar-refractivity contribution is 1.21. The predicted molar refractivity (Wildman–Crippen MR) is 57.6 cm³/mol. The van der Waals surface area contributed by atoms with Gasteiger partial charge in [-0.2, -0.15) is 0 Å². The Kier molecular flexibility index (Phi) is 3.88. The van der Waals surface area contributed by atoms with Gasteiger partial charge in [0.15, 0.2) is 0 Å². The van der Waals surface area contributed by atoms with E-state index in [4.69, 9.17) is 0 Å². The van der Waals surface area contributed by atoms with Crippen LogP contribution in [0.2, 0.25) is 0 Å². The summed E-state index contributed by atoms with van der Waals surface area (Å²) in [5.74, 6) is 0. The third-order valence-corrected chi connectivity index (χ3v) is 1.93. The van der Waals surface area contributed by atoms with Crippen LogP contribution in [0.1, 0.15) is 13.3 Å². The summed E-state index contributed by atoms with van der Waals surface area (Å²) in [6.45, 7) is 2.13. The monoisotopic (exact) mass is 179 g/mol. The molecule has 0 aromatic rings. The molecule has 0 fully saturated rings. The zero-order valence-electron chi connectivity index (χ0n) is 7.45. The number of rotatable bonds is 2. The van der Waals surface area contributed by atoms with Crippen molar-refractivity contribution in [3.63, 3.8) is 0 Å². The average molecular weight is 179 g/mol. The van der Waals surface area contributed by atoms with Crippen molar-refractivity contribution in [2.24, 2.45) is 4.40 Å². The van der Waals surface area contributed by atoms with E-state index in [1.807, 2.05) is 24.5 Å². The van der Waals surface area contributed by atoms with Crippen LogP contribution in [-0.2, 0) is 0 Å². The lowest BCUT2D eigenvalue weighted by atomic mass is 10.1. The second kappa shape index (κ2) is 4.99. The number of allylic oxidation sites excluding steroid dienone is 6. The maximum atomic E-state index is 4.31. The normalized spacial score (nSPS) is 22.5. The molecule has 0 aromatic heterocycles. The SMILES string of the molecule is CCC=C1C=CC=CC1=NSC. The van der Waals surface area contributed by atoms with Crippen LogP contribution < -0.4 is 0 Å². The number of nitrogens with zero attached hydrogens (tertiary/aromatic N) is 1. The maximum Gasteiger partial charge on any atom is 0.0781 e. The summed E-state index contributed by atoms with van der Waals surface area (Å²) >= 11 is 1.50. The minimum Gasteiger partial charge on any atom is -0.216 e. The molecule has 0 aromatic carbocycles. The third-order valence-electron chi connectivity index (χ3n) is 1.55. The van der Waals surface area contributed by atoms with Crippen molar-refractivity contribution >= 4 is 17.7 Å². The molecule has 0 saturated carbocycles. The molecule has 0 bridgehead atoms. The first-order chi connectivity index (χ1) is 5.88. The Morgan fingerprint density at radius 1 is 1.42 bits per heavy atom. The molecule has 2 heteroatoms. The maximum absolute atomic E-state index is 4.31. The molecule has 0 aliphatic heterocycles. The Morgan fingerprint density at radius 3 is 2.83 bits per heavy atom. The molecule has 0 unspecified atom stereocenters. The van der Waals surface area contributed by atoms with Gasteiger partial charge in [0.25, 0.3) is 0 Å². The Labute approximate surface area is 78.1 Å². The van der Waals surface area contributed by atoms with E-state index in [-0.39, 0.29) is 0 Å². The highest BCUT2D eigenvalue weighted by atomic mass is 32.2. The van der Waals surface area contributed by atoms with Crippen LogP contribution in [0.15, 0.2) is 40.4 Å². The first kappa shape index (κ1) is 9.33. The summed E-state index contributed by atoms with van der Waals surface area (Å²) in [6.07, 6.45) is 13.4. The predicted octanol–water partition coefficient (Wildman–Crippen LogP) is 3.17. The zero-order chi connectivity index (χ0) is 8.81. The average Bonchev–Trinajstić information content (AvgIpc) is 2.09. The van der Waals surface area contributed by atoms with Gasteiger partial charge in [0.2, 0.25) is 0 Å². The molecule has 1 nitrogen and oxygen atoms in total. The molecule has 0 N–H and O–H groups in total. The van der Waals surface area contributed by atoms with Gasteiger partial charge in [-0.1, -0.05) is 31.2 Å². The van der Waals surface area contributed by atoms with Crippen LogP contribution >= 0.6 is 11.9 Å². The van der Waals surface area contributed by atoms with Gasteiger partial charge in [0.05, 0.1) is 5.71 Å². The van der Waals surface area contributed by atoms with E-state index >= 15 is 0 Å². The van der Waals surface area contributed by atoms with E-state index in [0.717, 1.165) is 12.1 Å². The van der Waals surface area contributed by atoms with E-state index < -0.39 is 0 Å². The van der Waals surface area contributed by atoms with Crippen LogP contribution in [-0.4, -0.2) is 12.0 Å². The Bertz CT molecular complexity index is 231. The molecule has 0 atom stereocenters. The smallest absolute Gasteiger partial charge is 0.0781 e. The van der Waals surface area contributed by atoms with Crippen LogP contribution in [0.25, 0.3) is 0 Å².